The van der Waals surface area contributed by atoms with Crippen molar-refractivity contribution in [3.63, 3.8) is 0 Å². The summed E-state index contributed by atoms with van der Waals surface area (Å²) in [4.78, 5) is 13.4. The third-order valence-corrected chi connectivity index (χ3v) is 36.7. The molecule has 0 spiro atoms. The molecule has 33 nitrogen and oxygen atoms in total. The third kappa shape index (κ3) is 25.6. The van der Waals surface area contributed by atoms with Crippen LogP contribution in [0.4, 0.5) is 0 Å². The van der Waals surface area contributed by atoms with Crippen LogP contribution < -0.4 is 0 Å². The van der Waals surface area contributed by atoms with Gasteiger partial charge < -0.3 is 155 Å². The van der Waals surface area contributed by atoms with Crippen molar-refractivity contribution in [2.24, 2.45) is 136 Å². The average molecular weight is 2630 g/mol. The van der Waals surface area contributed by atoms with E-state index in [1.807, 2.05) is 20.8 Å². The first kappa shape index (κ1) is 123. The maximum Gasteiger partial charge on any atom is 0.335 e. The first-order valence-corrected chi connectivity index (χ1v) is 52.9. The molecule has 0 aromatic heterocycles. The average Bonchev–Trinajstić information content (AvgIpc) is 1.52. The number of aliphatic hydroxyl groups excluding tert-OH is 7. The number of fused-ring (bicyclic) bond motifs is 1. The van der Waals surface area contributed by atoms with E-state index in [0.717, 1.165) is 25.7 Å². The summed E-state index contributed by atoms with van der Waals surface area (Å²) in [5.41, 5.74) is -1.18. The van der Waals surface area contributed by atoms with Crippen LogP contribution in [-0.2, 0) is 118 Å². The van der Waals surface area contributed by atoms with E-state index in [9.17, 15) is 45.6 Å². The Morgan fingerprint density at radius 1 is 0.245 bits per heavy atom. The summed E-state index contributed by atoms with van der Waals surface area (Å²) in [7, 11) is 0. The molecule has 61 atom stereocenters. The van der Waals surface area contributed by atoms with Crippen LogP contribution in [0.3, 0.4) is 0 Å². The number of rotatable bonds is 35. The second-order valence-corrected chi connectivity index (χ2v) is 44.5. The first-order valence-electron chi connectivity index (χ1n) is 52.9. The SMILES string of the molecule is CCC1O[C@H](O[C@H]2C(CC)O[C@@H](O[C@H]3C(CC)O[C@@H](O[C@@H]4C(CO)O[C@H](O[C@@H]5C(C(=O)O)O[C@H](O[C@H]6C(CO)O[C@@H](OC7(C)[C@@H]8C(OCO)O[C@H](O[C@@H]9C(CO)O[C@H](C)C(O)C9C)C(C)[C@H]87)C(O)[C@H]6O)C(C)C5C)C(C)C4C)C(C)[C@H]3C)C(C)[C@H]2C)C(C)C(C)[C@@H]1O[C@H]1OC(CC)[C@@H](O[C@@H]2OC(CC)[C@H](OC3OC(CC)[C@H](OC4OC(CC)[C@H](C)[C@H](C)[C@H]4C)[C@H](C)[C@H]3C)[C@H](C)C2C)C(C)C1C.[Ac].[Ac].[Ac]. The molecule has 12 heterocycles. The summed E-state index contributed by atoms with van der Waals surface area (Å²) in [6.45, 7) is 60.9. The first-order chi connectivity index (χ1) is 64.5. The van der Waals surface area contributed by atoms with Crippen LogP contribution in [0, 0.1) is 268 Å². The maximum atomic E-state index is 13.4. The van der Waals surface area contributed by atoms with E-state index in [1.54, 1.807) is 34.6 Å². The molecule has 799 valence electrons. The summed E-state index contributed by atoms with van der Waals surface area (Å²) in [6.07, 6.45) is -21.0. The second kappa shape index (κ2) is 53.3. The Balaban J connectivity index is 0.00000664. The molecule has 13 rings (SSSR count). The van der Waals surface area contributed by atoms with Gasteiger partial charge in [-0.2, -0.15) is 0 Å². The van der Waals surface area contributed by atoms with E-state index < -0.39 is 222 Å². The molecule has 139 heavy (non-hydrogen) atoms. The molecule has 30 unspecified atom stereocenters. The Morgan fingerprint density at radius 2 is 0.489 bits per heavy atom. The van der Waals surface area contributed by atoms with Crippen LogP contribution in [0.5, 0.6) is 0 Å². The molecule has 3 radical (unpaired) electrons. The van der Waals surface area contributed by atoms with Crippen LogP contribution in [0.25, 0.3) is 0 Å². The van der Waals surface area contributed by atoms with E-state index in [1.165, 1.54) is 0 Å². The van der Waals surface area contributed by atoms with Gasteiger partial charge in [0.15, 0.2) is 81.6 Å². The van der Waals surface area contributed by atoms with E-state index in [0.29, 0.717) is 31.1 Å². The number of aliphatic hydroxyl groups is 7. The molecule has 0 amide bonds. The van der Waals surface area contributed by atoms with Gasteiger partial charge in [0.05, 0.1) is 129 Å². The minimum absolute atomic E-state index is 0. The maximum absolute atomic E-state index is 13.4. The molecule has 8 N–H and O–H groups in total. The Kier molecular flexibility index (Phi) is 47.3. The van der Waals surface area contributed by atoms with E-state index in [2.05, 4.69) is 152 Å². The molecule has 36 heteroatoms. The fraction of sp³-hybridized carbons (Fsp3) is 0.990. The van der Waals surface area contributed by atoms with Gasteiger partial charge in [0.1, 0.15) is 49.5 Å². The van der Waals surface area contributed by atoms with Crippen LogP contribution in [0.2, 0.25) is 0 Å². The Hall–Kier alpha value is 2.55. The van der Waals surface area contributed by atoms with Gasteiger partial charge in [-0.05, 0) is 118 Å². The fourth-order valence-electron chi connectivity index (χ4n) is 25.1. The number of hydrogen-bond donors (Lipinski definition) is 8. The van der Waals surface area contributed by atoms with Gasteiger partial charge in [-0.1, -0.05) is 194 Å². The normalized spacial score (nSPS) is 53.0. The van der Waals surface area contributed by atoms with Crippen molar-refractivity contribution in [2.75, 3.05) is 26.6 Å². The molecule has 13 aliphatic rings. The molecule has 12 saturated heterocycles. The predicted molar refractivity (Wildman–Crippen MR) is 494 cm³/mol. The number of carboxylic acids is 1. The Labute approximate surface area is 936 Å². The van der Waals surface area contributed by atoms with Gasteiger partial charge >= 0.3 is 5.97 Å². The molecule has 0 bridgehead atoms. The topological polar surface area (TPSA) is 400 Å². The van der Waals surface area contributed by atoms with E-state index in [-0.39, 0.29) is 301 Å². The predicted octanol–water partition coefficient (Wildman–Crippen LogP) is 11.9. The zero-order chi connectivity index (χ0) is 99.5. The number of ether oxygens (including phenoxy) is 24. The summed E-state index contributed by atoms with van der Waals surface area (Å²) >= 11 is 0. The van der Waals surface area contributed by atoms with Crippen LogP contribution >= 0.6 is 0 Å². The summed E-state index contributed by atoms with van der Waals surface area (Å²) in [5, 5.41) is 88.0. The van der Waals surface area contributed by atoms with Crippen molar-refractivity contribution in [3.8, 4) is 0 Å². The van der Waals surface area contributed by atoms with Crippen molar-refractivity contribution in [1.29, 1.82) is 0 Å². The largest absolute Gasteiger partial charge is 0.479 e. The zero-order valence-electron chi connectivity index (χ0n) is 88.9. The fourth-order valence-corrected chi connectivity index (χ4v) is 25.1. The number of aliphatic carboxylic acids is 1. The van der Waals surface area contributed by atoms with Crippen LogP contribution in [0.1, 0.15) is 253 Å². The minimum Gasteiger partial charge on any atom is -0.479 e. The summed E-state index contributed by atoms with van der Waals surface area (Å²) < 4.78 is 162. The van der Waals surface area contributed by atoms with Crippen LogP contribution in [-0.4, -0.2) is 307 Å². The molecular formula is C103H180Ac3O33. The molecule has 12 aliphatic heterocycles. The van der Waals surface area contributed by atoms with Crippen molar-refractivity contribution >= 4 is 5.97 Å². The molecule has 13 fully saturated rings. The number of carboxylic acid groups (broad SMARTS) is 1. The van der Waals surface area contributed by atoms with Gasteiger partial charge in [-0.3, -0.25) is 0 Å². The molecule has 0 aromatic carbocycles. The number of carbonyl (C=O) groups is 1. The summed E-state index contributed by atoms with van der Waals surface area (Å²) in [5.74, 6) is -4.03. The van der Waals surface area contributed by atoms with Crippen molar-refractivity contribution in [1.82, 2.24) is 0 Å². The van der Waals surface area contributed by atoms with Crippen molar-refractivity contribution in [2.45, 2.75) is 486 Å². The molecule has 0 aromatic rings. The number of hydrogen-bond acceptors (Lipinski definition) is 32. The zero-order valence-corrected chi connectivity index (χ0v) is 103. The van der Waals surface area contributed by atoms with Crippen LogP contribution in [0.15, 0.2) is 0 Å². The van der Waals surface area contributed by atoms with Crippen molar-refractivity contribution in [3.05, 3.63) is 0 Å². The molecule has 1 aliphatic carbocycles. The smallest absolute Gasteiger partial charge is 0.335 e. The van der Waals surface area contributed by atoms with E-state index >= 15 is 0 Å². The molecule has 1 saturated carbocycles. The van der Waals surface area contributed by atoms with Gasteiger partial charge in [0.2, 0.25) is 0 Å². The quantitative estimate of drug-likeness (QED) is 0.0273. The van der Waals surface area contributed by atoms with Gasteiger partial charge in [0, 0.05) is 209 Å². The Morgan fingerprint density at radius 3 is 0.799 bits per heavy atom. The van der Waals surface area contributed by atoms with Gasteiger partial charge in [-0.15, -0.1) is 0 Å². The molecular weight excluding hydrogens is 2450 g/mol. The standard InChI is InChI=1S/C103H180O33.3Ac/c1-31-64-43(9)42(8)52(18)91(115-64)124-79-44(10)53(19)92(116-65(79)32-2)125-80-45(11)54(20)93(117-66(80)33-3)126-81-46(12)55(21)94(118-67(81)34-4)127-82-47(13)56(22)95(119-68(82)35-5)128-83-48(14)57(23)96(120-69(83)36-6)129-84-49(15)58(24)97(121-70(84)37-7)130-85-50(16)59(25)98(122-72(85)39-105)132-87-51(17)60(26)99(134-89(87)90(111)112)133-88-73(40-106)123-102(78(110)77(88)109)136-103(30)74-61(27)100(135-101(75(74)103)113-41-107)131-86-62(28)76(108)63(29)114-71(86)38-104;;;/h42-89,91-102,104-110H,31-41H2,1-30H3,(H,111,112);;;/t42-,43+,44+,45+,46?,47?,48+,49+,50?,51?,52+,53+,54?,55?,56?,57?,58?,59?,60?,61?,62?,63+,64?,65?,66?,67?,68?,69?,70?,71?,72?,73?,74+,75-,76?,77+,78?,79+,80+,81-,82-,83+,84+,85-,86-,87-,88-,89?,91?,92?,93-,94+,95+,96-,97-,98+,99-,100-,101?,102-,103?;;;/m0.../s1. The Bertz CT molecular complexity index is 3660. The van der Waals surface area contributed by atoms with Gasteiger partial charge in [-0.25, -0.2) is 4.79 Å². The van der Waals surface area contributed by atoms with E-state index in [4.69, 9.17) is 114 Å². The monoisotopic (exact) mass is 2630 g/mol. The summed E-state index contributed by atoms with van der Waals surface area (Å²) in [6, 6.07) is 0. The minimum atomic E-state index is -1.78. The third-order valence-electron chi connectivity index (χ3n) is 36.7. The van der Waals surface area contributed by atoms with Crippen molar-refractivity contribution < 1.29 is 292 Å². The second-order valence-electron chi connectivity index (χ2n) is 44.5. The van der Waals surface area contributed by atoms with Gasteiger partial charge in [0.25, 0.3) is 0 Å².